The van der Waals surface area contributed by atoms with E-state index in [0.717, 1.165) is 16.4 Å². The number of anilines is 1. The third-order valence-electron chi connectivity index (χ3n) is 5.12. The average Bonchev–Trinajstić information content (AvgIpc) is 2.75. The number of hydrogen-bond acceptors (Lipinski definition) is 4. The number of benzene rings is 2. The van der Waals surface area contributed by atoms with E-state index in [1.165, 1.54) is 12.1 Å². The van der Waals surface area contributed by atoms with Crippen LogP contribution in [-0.4, -0.2) is 44.5 Å². The molecule has 12 heteroatoms. The number of halogens is 5. The number of amides is 1. The van der Waals surface area contributed by atoms with Gasteiger partial charge in [0, 0.05) is 19.0 Å². The van der Waals surface area contributed by atoms with Crippen LogP contribution >= 0.6 is 0 Å². The molecule has 1 aliphatic heterocycles. The minimum absolute atomic E-state index is 0.0618. The Kier molecular flexibility index (Phi) is 7.27. The zero-order valence-corrected chi connectivity index (χ0v) is 18.3. The second-order valence-corrected chi connectivity index (χ2v) is 9.55. The number of nitrogens with one attached hydrogen (secondary N) is 1. The molecule has 1 heterocycles. The van der Waals surface area contributed by atoms with Crippen molar-refractivity contribution in [1.29, 1.82) is 0 Å². The van der Waals surface area contributed by atoms with Crippen LogP contribution < -0.4 is 10.1 Å². The molecular weight excluding hydrogens is 471 g/mol. The number of nitrogens with zero attached hydrogens (tertiary/aromatic N) is 1. The molecule has 1 fully saturated rings. The summed E-state index contributed by atoms with van der Waals surface area (Å²) in [6, 6.07) is 6.52. The Morgan fingerprint density at radius 3 is 2.42 bits per heavy atom. The van der Waals surface area contributed by atoms with E-state index >= 15 is 0 Å². The van der Waals surface area contributed by atoms with Crippen molar-refractivity contribution >= 4 is 21.6 Å². The van der Waals surface area contributed by atoms with Crippen molar-refractivity contribution in [3.63, 3.8) is 0 Å². The standard InChI is InChI=1S/C21H21F5N2O4S/c1-13-2-5-17(18(10-13)32-12-21(24,25)26)27-20(29)14-6-8-28(9-7-14)33(30,31)19-11-15(22)3-4-16(19)23/h2-5,10-11,14H,6-9,12H2,1H3,(H,27,29). The van der Waals surface area contributed by atoms with E-state index in [9.17, 15) is 35.2 Å². The molecule has 1 aliphatic rings. The highest BCUT2D eigenvalue weighted by molar-refractivity contribution is 7.89. The quantitative estimate of drug-likeness (QED) is 0.612. The largest absolute Gasteiger partial charge is 0.482 e. The Hall–Kier alpha value is -2.73. The predicted molar refractivity (Wildman–Crippen MR) is 109 cm³/mol. The molecule has 0 aromatic heterocycles. The molecule has 0 bridgehead atoms. The summed E-state index contributed by atoms with van der Waals surface area (Å²) in [6.45, 7) is -0.0841. The summed E-state index contributed by atoms with van der Waals surface area (Å²) in [6.07, 6.45) is -4.37. The van der Waals surface area contributed by atoms with E-state index < -0.39 is 51.2 Å². The Labute approximate surface area is 187 Å². The first-order chi connectivity index (χ1) is 15.4. The first-order valence-electron chi connectivity index (χ1n) is 9.93. The van der Waals surface area contributed by atoms with Crippen molar-refractivity contribution in [2.24, 2.45) is 5.92 Å². The van der Waals surface area contributed by atoms with E-state index in [0.29, 0.717) is 11.6 Å². The highest BCUT2D eigenvalue weighted by atomic mass is 32.2. The van der Waals surface area contributed by atoms with E-state index in [-0.39, 0.29) is 37.4 Å². The lowest BCUT2D eigenvalue weighted by Crippen LogP contribution is -2.41. The lowest BCUT2D eigenvalue weighted by Gasteiger charge is -2.30. The van der Waals surface area contributed by atoms with E-state index in [2.05, 4.69) is 5.32 Å². The molecule has 0 atom stereocenters. The van der Waals surface area contributed by atoms with Crippen LogP contribution in [0.4, 0.5) is 27.6 Å². The number of aryl methyl sites for hydroxylation is 1. The fraction of sp³-hybridized carbons (Fsp3) is 0.381. The van der Waals surface area contributed by atoms with Crippen LogP contribution in [0.5, 0.6) is 5.75 Å². The molecule has 0 unspecified atom stereocenters. The van der Waals surface area contributed by atoms with Crippen molar-refractivity contribution in [3.8, 4) is 5.75 Å². The summed E-state index contributed by atoms with van der Waals surface area (Å²) in [7, 11) is -4.30. The molecule has 2 aromatic rings. The second kappa shape index (κ2) is 9.64. The minimum Gasteiger partial charge on any atom is -0.482 e. The van der Waals surface area contributed by atoms with Gasteiger partial charge < -0.3 is 10.1 Å². The van der Waals surface area contributed by atoms with Crippen LogP contribution in [0, 0.1) is 24.5 Å². The highest BCUT2D eigenvalue weighted by Gasteiger charge is 2.34. The number of rotatable bonds is 6. The maximum atomic E-state index is 14.0. The van der Waals surface area contributed by atoms with Gasteiger partial charge in [0.15, 0.2) is 6.61 Å². The van der Waals surface area contributed by atoms with Gasteiger partial charge in [0.2, 0.25) is 15.9 Å². The molecule has 1 N–H and O–H groups in total. The number of sulfonamides is 1. The van der Waals surface area contributed by atoms with E-state index in [1.807, 2.05) is 0 Å². The number of alkyl halides is 3. The lowest BCUT2D eigenvalue weighted by molar-refractivity contribution is -0.153. The summed E-state index contributed by atoms with van der Waals surface area (Å²) in [4.78, 5) is 11.9. The van der Waals surface area contributed by atoms with Gasteiger partial charge >= 0.3 is 6.18 Å². The summed E-state index contributed by atoms with van der Waals surface area (Å²) in [5.74, 6) is -3.26. The summed E-state index contributed by atoms with van der Waals surface area (Å²) in [5, 5.41) is 2.54. The van der Waals surface area contributed by atoms with Crippen molar-refractivity contribution < 1.29 is 39.9 Å². The van der Waals surface area contributed by atoms with Crippen LogP contribution in [0.1, 0.15) is 18.4 Å². The number of carbonyl (C=O) groups excluding carboxylic acids is 1. The topological polar surface area (TPSA) is 75.7 Å². The molecule has 3 rings (SSSR count). The van der Waals surface area contributed by atoms with Crippen LogP contribution in [0.2, 0.25) is 0 Å². The fourth-order valence-corrected chi connectivity index (χ4v) is 4.96. The Morgan fingerprint density at radius 2 is 1.79 bits per heavy atom. The second-order valence-electron chi connectivity index (χ2n) is 7.65. The van der Waals surface area contributed by atoms with Gasteiger partial charge in [-0.3, -0.25) is 4.79 Å². The number of piperidine rings is 1. The van der Waals surface area contributed by atoms with Gasteiger partial charge in [0.25, 0.3) is 0 Å². The van der Waals surface area contributed by atoms with Gasteiger partial charge in [-0.25, -0.2) is 17.2 Å². The molecule has 0 aliphatic carbocycles. The van der Waals surface area contributed by atoms with Crippen molar-refractivity contribution in [3.05, 3.63) is 53.6 Å². The van der Waals surface area contributed by atoms with Gasteiger partial charge in [-0.1, -0.05) is 6.07 Å². The maximum Gasteiger partial charge on any atom is 0.422 e. The molecule has 1 amide bonds. The predicted octanol–water partition coefficient (Wildman–Crippen LogP) is 4.25. The maximum absolute atomic E-state index is 14.0. The SMILES string of the molecule is Cc1ccc(NC(=O)C2CCN(S(=O)(=O)c3cc(F)ccc3F)CC2)c(OCC(F)(F)F)c1. The van der Waals surface area contributed by atoms with Gasteiger partial charge in [0.05, 0.1) is 5.69 Å². The van der Waals surface area contributed by atoms with E-state index in [1.54, 1.807) is 13.0 Å². The van der Waals surface area contributed by atoms with Gasteiger partial charge in [-0.2, -0.15) is 17.5 Å². The van der Waals surface area contributed by atoms with Crippen LogP contribution in [-0.2, 0) is 14.8 Å². The highest BCUT2D eigenvalue weighted by Crippen LogP contribution is 2.30. The summed E-state index contributed by atoms with van der Waals surface area (Å²) in [5.41, 5.74) is 0.694. The number of ether oxygens (including phenoxy) is 1. The van der Waals surface area contributed by atoms with Crippen LogP contribution in [0.15, 0.2) is 41.3 Å². The van der Waals surface area contributed by atoms with E-state index in [4.69, 9.17) is 4.74 Å². The summed E-state index contributed by atoms with van der Waals surface area (Å²) >= 11 is 0. The smallest absolute Gasteiger partial charge is 0.422 e. The Balaban J connectivity index is 1.66. The number of carbonyl (C=O) groups is 1. The van der Waals surface area contributed by atoms with Crippen LogP contribution in [0.3, 0.4) is 0 Å². The zero-order chi connectivity index (χ0) is 24.4. The molecular formula is C21H21F5N2O4S. The lowest BCUT2D eigenvalue weighted by atomic mass is 9.97. The van der Waals surface area contributed by atoms with Crippen molar-refractivity contribution in [2.45, 2.75) is 30.8 Å². The first kappa shape index (κ1) is 24.9. The molecule has 1 saturated heterocycles. The molecule has 180 valence electrons. The minimum atomic E-state index is -4.55. The molecule has 33 heavy (non-hydrogen) atoms. The van der Waals surface area contributed by atoms with Gasteiger partial charge in [-0.15, -0.1) is 0 Å². The average molecular weight is 492 g/mol. The Morgan fingerprint density at radius 1 is 1.12 bits per heavy atom. The fourth-order valence-electron chi connectivity index (χ4n) is 3.42. The van der Waals surface area contributed by atoms with Gasteiger partial charge in [-0.05, 0) is 55.7 Å². The van der Waals surface area contributed by atoms with Crippen molar-refractivity contribution in [2.75, 3.05) is 25.0 Å². The third kappa shape index (κ3) is 6.20. The molecule has 2 aromatic carbocycles. The van der Waals surface area contributed by atoms with Crippen molar-refractivity contribution in [1.82, 2.24) is 4.31 Å². The zero-order valence-electron chi connectivity index (χ0n) is 17.5. The normalized spacial score (nSPS) is 15.9. The summed E-state index contributed by atoms with van der Waals surface area (Å²) < 4.78 is 96.0. The molecule has 6 nitrogen and oxygen atoms in total. The third-order valence-corrected chi connectivity index (χ3v) is 7.04. The van der Waals surface area contributed by atoms with Crippen LogP contribution in [0.25, 0.3) is 0 Å². The molecule has 0 saturated carbocycles. The molecule has 0 radical (unpaired) electrons. The molecule has 0 spiro atoms. The Bertz CT molecular complexity index is 1130. The van der Waals surface area contributed by atoms with Gasteiger partial charge in [0.1, 0.15) is 22.3 Å². The first-order valence-corrected chi connectivity index (χ1v) is 11.4. The monoisotopic (exact) mass is 492 g/mol. The number of hydrogen-bond donors (Lipinski definition) is 1.